The van der Waals surface area contributed by atoms with Gasteiger partial charge in [-0.1, -0.05) is 6.42 Å². The average molecular weight is 328 g/mol. The van der Waals surface area contributed by atoms with Crippen LogP contribution in [0.25, 0.3) is 11.0 Å². The number of nitrogens with one attached hydrogen (secondary N) is 1. The summed E-state index contributed by atoms with van der Waals surface area (Å²) < 4.78 is 2.04. The lowest BCUT2D eigenvalue weighted by molar-refractivity contribution is 0.0797. The maximum atomic E-state index is 12.5. The number of likely N-dealkylation sites (tertiary alicyclic amines) is 1. The minimum absolute atomic E-state index is 0.0121. The van der Waals surface area contributed by atoms with Gasteiger partial charge in [-0.25, -0.2) is 4.98 Å². The molecule has 1 amide bonds. The molecule has 0 saturated carbocycles. The zero-order chi connectivity index (χ0) is 17.3. The quantitative estimate of drug-likeness (QED) is 0.939. The predicted molar refractivity (Wildman–Crippen MR) is 97.3 cm³/mol. The van der Waals surface area contributed by atoms with Crippen LogP contribution >= 0.6 is 0 Å². The van der Waals surface area contributed by atoms with Gasteiger partial charge in [-0.05, 0) is 64.9 Å². The third-order valence-corrected chi connectivity index (χ3v) is 5.26. The summed E-state index contributed by atoms with van der Waals surface area (Å²) in [6.07, 6.45) is 3.84. The number of nitrogens with zero attached hydrogens (tertiary/aromatic N) is 3. The molecule has 2 heterocycles. The maximum Gasteiger partial charge on any atom is 0.251 e. The van der Waals surface area contributed by atoms with Crippen LogP contribution in [0.1, 0.15) is 49.3 Å². The van der Waals surface area contributed by atoms with Crippen LogP contribution in [0.5, 0.6) is 0 Å². The highest BCUT2D eigenvalue weighted by molar-refractivity contribution is 5.97. The van der Waals surface area contributed by atoms with E-state index in [0.29, 0.717) is 12.1 Å². The zero-order valence-corrected chi connectivity index (χ0v) is 15.2. The SMILES string of the molecule is Cc1nc2cc(C(=O)NCC(C)(C)N3CCCCC3)ccc2n1C. The second-order valence-electron chi connectivity index (χ2n) is 7.46. The first-order chi connectivity index (χ1) is 11.4. The molecule has 0 bridgehead atoms. The van der Waals surface area contributed by atoms with Crippen molar-refractivity contribution in [2.24, 2.45) is 7.05 Å². The Morgan fingerprint density at radius 2 is 1.96 bits per heavy atom. The molecule has 130 valence electrons. The van der Waals surface area contributed by atoms with Gasteiger partial charge < -0.3 is 9.88 Å². The number of carbonyl (C=O) groups excluding carboxylic acids is 1. The van der Waals surface area contributed by atoms with E-state index >= 15 is 0 Å². The first-order valence-corrected chi connectivity index (χ1v) is 8.85. The van der Waals surface area contributed by atoms with Crippen LogP contribution in [0.15, 0.2) is 18.2 Å². The number of carbonyl (C=O) groups is 1. The van der Waals surface area contributed by atoms with Gasteiger partial charge in [-0.15, -0.1) is 0 Å². The molecule has 5 heteroatoms. The number of hydrogen-bond donors (Lipinski definition) is 1. The van der Waals surface area contributed by atoms with E-state index in [2.05, 4.69) is 29.0 Å². The second kappa shape index (κ2) is 6.55. The summed E-state index contributed by atoms with van der Waals surface area (Å²) in [4.78, 5) is 19.5. The maximum absolute atomic E-state index is 12.5. The lowest BCUT2D eigenvalue weighted by Gasteiger charge is -2.41. The number of aromatic nitrogens is 2. The molecule has 0 radical (unpaired) electrons. The highest BCUT2D eigenvalue weighted by Crippen LogP contribution is 2.20. The Bertz CT molecular complexity index is 741. The molecule has 1 aliphatic heterocycles. The van der Waals surface area contributed by atoms with Crippen LogP contribution in [0.3, 0.4) is 0 Å². The number of fused-ring (bicyclic) bond motifs is 1. The fraction of sp³-hybridized carbons (Fsp3) is 0.579. The van der Waals surface area contributed by atoms with Gasteiger partial charge in [0.15, 0.2) is 0 Å². The zero-order valence-electron chi connectivity index (χ0n) is 15.2. The van der Waals surface area contributed by atoms with Crippen molar-refractivity contribution in [3.63, 3.8) is 0 Å². The van der Waals surface area contributed by atoms with E-state index in [4.69, 9.17) is 0 Å². The van der Waals surface area contributed by atoms with E-state index in [9.17, 15) is 4.79 Å². The summed E-state index contributed by atoms with van der Waals surface area (Å²) >= 11 is 0. The number of hydrogen-bond acceptors (Lipinski definition) is 3. The smallest absolute Gasteiger partial charge is 0.251 e. The molecule has 1 N–H and O–H groups in total. The third kappa shape index (κ3) is 3.31. The van der Waals surface area contributed by atoms with Crippen LogP contribution in [0, 0.1) is 6.92 Å². The summed E-state index contributed by atoms with van der Waals surface area (Å²) in [7, 11) is 1.99. The first-order valence-electron chi connectivity index (χ1n) is 8.85. The van der Waals surface area contributed by atoms with Crippen LogP contribution in [0.4, 0.5) is 0 Å². The van der Waals surface area contributed by atoms with Gasteiger partial charge in [0, 0.05) is 24.7 Å². The van der Waals surface area contributed by atoms with Crippen LogP contribution in [-0.4, -0.2) is 45.5 Å². The molecule has 1 fully saturated rings. The third-order valence-electron chi connectivity index (χ3n) is 5.26. The molecule has 0 atom stereocenters. The van der Waals surface area contributed by atoms with Crippen molar-refractivity contribution in [1.82, 2.24) is 19.8 Å². The Morgan fingerprint density at radius 1 is 1.25 bits per heavy atom. The van der Waals surface area contributed by atoms with Crippen molar-refractivity contribution < 1.29 is 4.79 Å². The number of benzene rings is 1. The van der Waals surface area contributed by atoms with Crippen LogP contribution < -0.4 is 5.32 Å². The summed E-state index contributed by atoms with van der Waals surface area (Å²) in [6, 6.07) is 5.73. The lowest BCUT2D eigenvalue weighted by atomic mass is 9.98. The number of aryl methyl sites for hydroxylation is 2. The molecular weight excluding hydrogens is 300 g/mol. The number of amides is 1. The Balaban J connectivity index is 1.68. The fourth-order valence-corrected chi connectivity index (χ4v) is 3.47. The Labute approximate surface area is 144 Å². The molecule has 1 aromatic carbocycles. The highest BCUT2D eigenvalue weighted by atomic mass is 16.1. The molecule has 0 spiro atoms. The molecule has 1 aliphatic rings. The van der Waals surface area contributed by atoms with E-state index in [1.54, 1.807) is 0 Å². The molecule has 5 nitrogen and oxygen atoms in total. The molecule has 0 aliphatic carbocycles. The molecule has 1 aromatic heterocycles. The van der Waals surface area contributed by atoms with Gasteiger partial charge in [0.05, 0.1) is 11.0 Å². The van der Waals surface area contributed by atoms with Gasteiger partial charge >= 0.3 is 0 Å². The average Bonchev–Trinajstić information content (AvgIpc) is 2.87. The first kappa shape index (κ1) is 17.0. The number of piperidine rings is 1. The van der Waals surface area contributed by atoms with Gasteiger partial charge in [0.1, 0.15) is 5.82 Å². The van der Waals surface area contributed by atoms with E-state index < -0.39 is 0 Å². The van der Waals surface area contributed by atoms with Gasteiger partial charge in [0.2, 0.25) is 0 Å². The predicted octanol–water partition coefficient (Wildman–Crippen LogP) is 2.88. The summed E-state index contributed by atoms with van der Waals surface area (Å²) in [5.41, 5.74) is 2.59. The van der Waals surface area contributed by atoms with Crippen LogP contribution in [-0.2, 0) is 7.05 Å². The van der Waals surface area contributed by atoms with Gasteiger partial charge in [-0.3, -0.25) is 9.69 Å². The number of imidazole rings is 1. The van der Waals surface area contributed by atoms with Crippen molar-refractivity contribution in [3.8, 4) is 0 Å². The van der Waals surface area contributed by atoms with Gasteiger partial charge in [-0.2, -0.15) is 0 Å². The van der Waals surface area contributed by atoms with E-state index in [-0.39, 0.29) is 11.4 Å². The molecule has 24 heavy (non-hydrogen) atoms. The fourth-order valence-electron chi connectivity index (χ4n) is 3.47. The Morgan fingerprint density at radius 3 is 2.67 bits per heavy atom. The molecular formula is C19H28N4O. The van der Waals surface area contributed by atoms with Gasteiger partial charge in [0.25, 0.3) is 5.91 Å². The van der Waals surface area contributed by atoms with Crippen molar-refractivity contribution >= 4 is 16.9 Å². The molecule has 0 unspecified atom stereocenters. The standard InChI is InChI=1S/C19H28N4O/c1-14-21-16-12-15(8-9-17(16)22(14)4)18(24)20-13-19(2,3)23-10-6-5-7-11-23/h8-9,12H,5-7,10-11,13H2,1-4H3,(H,20,24). The summed E-state index contributed by atoms with van der Waals surface area (Å²) in [5, 5.41) is 3.11. The minimum Gasteiger partial charge on any atom is -0.350 e. The normalized spacial score (nSPS) is 16.5. The lowest BCUT2D eigenvalue weighted by Crippen LogP contribution is -2.53. The van der Waals surface area contributed by atoms with Crippen molar-refractivity contribution in [2.45, 2.75) is 45.6 Å². The van der Waals surface area contributed by atoms with E-state index in [1.165, 1.54) is 19.3 Å². The van der Waals surface area contributed by atoms with Crippen molar-refractivity contribution in [1.29, 1.82) is 0 Å². The minimum atomic E-state index is -0.0229. The topological polar surface area (TPSA) is 50.2 Å². The molecule has 1 saturated heterocycles. The summed E-state index contributed by atoms with van der Waals surface area (Å²) in [6.45, 7) is 9.31. The largest absolute Gasteiger partial charge is 0.350 e. The molecule has 3 rings (SSSR count). The monoisotopic (exact) mass is 328 g/mol. The Hall–Kier alpha value is -1.88. The highest BCUT2D eigenvalue weighted by Gasteiger charge is 2.28. The second-order valence-corrected chi connectivity index (χ2v) is 7.46. The number of rotatable bonds is 4. The molecule has 2 aromatic rings. The van der Waals surface area contributed by atoms with Crippen molar-refractivity contribution in [3.05, 3.63) is 29.6 Å². The van der Waals surface area contributed by atoms with Crippen molar-refractivity contribution in [2.75, 3.05) is 19.6 Å². The van der Waals surface area contributed by atoms with E-state index in [0.717, 1.165) is 29.9 Å². The summed E-state index contributed by atoms with van der Waals surface area (Å²) in [5.74, 6) is 0.930. The Kier molecular flexibility index (Phi) is 4.63. The van der Waals surface area contributed by atoms with E-state index in [1.807, 2.05) is 36.7 Å². The van der Waals surface area contributed by atoms with Crippen LogP contribution in [0.2, 0.25) is 0 Å².